The largest absolute Gasteiger partial charge is 0.756 e. The van der Waals surface area contributed by atoms with Crippen LogP contribution in [-0.2, 0) is 32.7 Å². The number of ether oxygens (including phenoxy) is 2. The Balaban J connectivity index is 0. The van der Waals surface area contributed by atoms with Gasteiger partial charge in [-0.2, -0.15) is 0 Å². The number of quaternary nitrogens is 1. The lowest BCUT2D eigenvalue weighted by atomic mass is 10.4. The van der Waals surface area contributed by atoms with E-state index in [-0.39, 0.29) is 38.0 Å². The van der Waals surface area contributed by atoms with E-state index in [1.165, 1.54) is 13.0 Å². The van der Waals surface area contributed by atoms with Gasteiger partial charge in [0.2, 0.25) is 0 Å². The van der Waals surface area contributed by atoms with Gasteiger partial charge in [0.05, 0.1) is 27.7 Å². The molecule has 0 aliphatic carbocycles. The van der Waals surface area contributed by atoms with Crippen molar-refractivity contribution in [2.24, 2.45) is 0 Å². The van der Waals surface area contributed by atoms with E-state index in [2.05, 4.69) is 38.3 Å². The summed E-state index contributed by atoms with van der Waals surface area (Å²) in [7, 11) is 1.41. The Morgan fingerprint density at radius 2 is 1.43 bits per heavy atom. The van der Waals surface area contributed by atoms with E-state index in [1.807, 2.05) is 21.1 Å². The molecular weight excluding hydrogens is 389 g/mol. The van der Waals surface area contributed by atoms with Crippen molar-refractivity contribution in [3.05, 3.63) is 37.0 Å². The number of esters is 2. The first-order valence-electron chi connectivity index (χ1n) is 8.38. The molecule has 0 aromatic heterocycles. The van der Waals surface area contributed by atoms with Crippen LogP contribution in [0.5, 0.6) is 0 Å². The molecule has 0 bridgehead atoms. The number of rotatable bonds is 12. The van der Waals surface area contributed by atoms with E-state index in [4.69, 9.17) is 0 Å². The summed E-state index contributed by atoms with van der Waals surface area (Å²) >= 11 is 0. The van der Waals surface area contributed by atoms with Crippen LogP contribution in [0.25, 0.3) is 0 Å². The third-order valence-corrected chi connectivity index (χ3v) is 3.60. The highest BCUT2D eigenvalue weighted by Gasteiger charge is 2.13. The summed E-state index contributed by atoms with van der Waals surface area (Å²) in [5.41, 5.74) is 0.654. The van der Waals surface area contributed by atoms with E-state index in [0.717, 1.165) is 0 Å². The van der Waals surface area contributed by atoms with E-state index in [0.29, 0.717) is 16.6 Å². The second kappa shape index (κ2) is 14.3. The van der Waals surface area contributed by atoms with Crippen molar-refractivity contribution in [2.45, 2.75) is 13.8 Å². The monoisotopic (exact) mass is 421 g/mol. The van der Waals surface area contributed by atoms with E-state index >= 15 is 0 Å². The van der Waals surface area contributed by atoms with Gasteiger partial charge in [-0.3, -0.25) is 4.57 Å². The molecule has 162 valence electrons. The molecule has 0 heterocycles. The first-order chi connectivity index (χ1) is 12.7. The second-order valence-corrected chi connectivity index (χ2v) is 8.12. The fourth-order valence-electron chi connectivity index (χ4n) is 1.13. The third-order valence-electron chi connectivity index (χ3n) is 2.61. The Kier molecular flexibility index (Phi) is 14.5. The fraction of sp³-hybridized carbons (Fsp3) is 0.556. The normalized spacial score (nSPS) is 12.6. The van der Waals surface area contributed by atoms with Gasteiger partial charge in [0.1, 0.15) is 26.4 Å². The summed E-state index contributed by atoms with van der Waals surface area (Å²) in [6, 6.07) is 0. The number of nitrogens with zero attached hydrogens (tertiary/aromatic N) is 1. The van der Waals surface area contributed by atoms with Gasteiger partial charge in [-0.15, -0.1) is 0 Å². The van der Waals surface area contributed by atoms with Crippen LogP contribution in [0.3, 0.4) is 0 Å². The average molecular weight is 421 g/mol. The zero-order valence-corrected chi connectivity index (χ0v) is 18.3. The molecule has 0 radical (unpaired) electrons. The van der Waals surface area contributed by atoms with E-state index in [1.54, 1.807) is 6.92 Å². The topological polar surface area (TPSA) is 111 Å². The summed E-state index contributed by atoms with van der Waals surface area (Å²) in [5.74, 6) is -0.954. The van der Waals surface area contributed by atoms with E-state index < -0.39 is 13.8 Å². The van der Waals surface area contributed by atoms with Crippen LogP contribution in [0.2, 0.25) is 0 Å². The minimum atomic E-state index is -4.34. The number of carbonyl (C=O) groups excluding carboxylic acids is 2. The Morgan fingerprint density at radius 1 is 0.964 bits per heavy atom. The number of phosphoric ester groups is 1. The van der Waals surface area contributed by atoms with Gasteiger partial charge in [-0.1, -0.05) is 25.8 Å². The minimum absolute atomic E-state index is 0.0375. The van der Waals surface area contributed by atoms with Crippen LogP contribution in [0.1, 0.15) is 13.8 Å². The highest BCUT2D eigenvalue weighted by atomic mass is 31.2. The molecule has 1 unspecified atom stereocenters. The van der Waals surface area contributed by atoms with Crippen molar-refractivity contribution in [1.82, 2.24) is 0 Å². The summed E-state index contributed by atoms with van der Waals surface area (Å²) in [4.78, 5) is 32.8. The molecule has 0 fully saturated rings. The van der Waals surface area contributed by atoms with Crippen molar-refractivity contribution in [1.29, 1.82) is 0 Å². The smallest absolute Gasteiger partial charge is 0.333 e. The predicted octanol–water partition coefficient (Wildman–Crippen LogP) is 1.61. The first kappa shape index (κ1) is 28.4. The Morgan fingerprint density at radius 3 is 1.86 bits per heavy atom. The molecule has 0 aromatic carbocycles. The summed E-state index contributed by atoms with van der Waals surface area (Å²) < 4.78 is 30.4. The fourth-order valence-corrected chi connectivity index (χ4v) is 1.81. The van der Waals surface area contributed by atoms with Crippen molar-refractivity contribution in [3.63, 3.8) is 0 Å². The molecular formula is C18H32NO8P. The second-order valence-electron chi connectivity index (χ2n) is 6.71. The van der Waals surface area contributed by atoms with Crippen molar-refractivity contribution in [2.75, 3.05) is 54.1 Å². The molecule has 10 heteroatoms. The third kappa shape index (κ3) is 19.0. The molecule has 1 atom stereocenters. The number of hydrogen-bond donors (Lipinski definition) is 0. The molecule has 0 aliphatic rings. The molecule has 28 heavy (non-hydrogen) atoms. The summed E-state index contributed by atoms with van der Waals surface area (Å²) in [6.45, 7) is 13.6. The summed E-state index contributed by atoms with van der Waals surface area (Å²) in [6.07, 6.45) is 1.51. The van der Waals surface area contributed by atoms with Gasteiger partial charge in [0.15, 0.2) is 0 Å². The van der Waals surface area contributed by atoms with Gasteiger partial charge in [-0.05, 0) is 13.8 Å². The summed E-state index contributed by atoms with van der Waals surface area (Å²) in [5, 5.41) is 0. The molecule has 9 nitrogen and oxygen atoms in total. The van der Waals surface area contributed by atoms with Crippen molar-refractivity contribution >= 4 is 19.8 Å². The van der Waals surface area contributed by atoms with Crippen LogP contribution < -0.4 is 4.89 Å². The molecule has 0 amide bonds. The SMILES string of the molecule is C=C(C)C(=O)OCCOP(=O)([O-])OCC[N+](C)(C)C.C=CCOC(=O)C(=C)C. The van der Waals surface area contributed by atoms with Crippen LogP contribution in [-0.4, -0.2) is 70.5 Å². The van der Waals surface area contributed by atoms with Crippen molar-refractivity contribution < 1.29 is 42.1 Å². The molecule has 0 aliphatic heterocycles. The number of hydrogen-bond acceptors (Lipinski definition) is 8. The van der Waals surface area contributed by atoms with Crippen molar-refractivity contribution in [3.8, 4) is 0 Å². The molecule has 0 aromatic rings. The van der Waals surface area contributed by atoms with E-state index in [9.17, 15) is 19.0 Å². The number of likely N-dealkylation sites (N-methyl/N-ethyl adjacent to an activating group) is 1. The first-order valence-corrected chi connectivity index (χ1v) is 9.84. The standard InChI is InChI=1S/C11H22NO6P.C7H10O2/c1-10(2)11(13)16-8-9-18-19(14,15)17-7-6-12(3,4)5;1-4-5-9-7(8)6(2)3/h1,6-9H2,2-5H3;4H,1-2,5H2,3H3. The van der Waals surface area contributed by atoms with Crippen LogP contribution in [0.15, 0.2) is 37.0 Å². The number of carbonyl (C=O) groups is 2. The van der Waals surface area contributed by atoms with Gasteiger partial charge < -0.3 is 27.9 Å². The molecule has 0 spiro atoms. The number of phosphoric acid groups is 1. The zero-order valence-electron chi connectivity index (χ0n) is 17.4. The van der Waals surface area contributed by atoms with Crippen LogP contribution in [0, 0.1) is 0 Å². The molecule has 0 saturated carbocycles. The highest BCUT2D eigenvalue weighted by Crippen LogP contribution is 2.37. The van der Waals surface area contributed by atoms with Gasteiger partial charge >= 0.3 is 11.9 Å². The Labute approximate surface area is 167 Å². The lowest BCUT2D eigenvalue weighted by Gasteiger charge is -2.27. The predicted molar refractivity (Wildman–Crippen MR) is 104 cm³/mol. The molecule has 0 rings (SSSR count). The van der Waals surface area contributed by atoms with Gasteiger partial charge in [-0.25, -0.2) is 9.59 Å². The maximum atomic E-state index is 11.3. The quantitative estimate of drug-likeness (QED) is 0.117. The maximum absolute atomic E-state index is 11.3. The van der Waals surface area contributed by atoms with Gasteiger partial charge in [0, 0.05) is 11.1 Å². The highest BCUT2D eigenvalue weighted by molar-refractivity contribution is 7.45. The lowest BCUT2D eigenvalue weighted by molar-refractivity contribution is -0.870. The Hall–Kier alpha value is -1.77. The van der Waals surface area contributed by atoms with Crippen LogP contribution >= 0.6 is 7.82 Å². The maximum Gasteiger partial charge on any atom is 0.333 e. The molecule has 0 N–H and O–H groups in total. The minimum Gasteiger partial charge on any atom is -0.756 e. The van der Waals surface area contributed by atoms with Gasteiger partial charge in [0.25, 0.3) is 7.82 Å². The lowest BCUT2D eigenvalue weighted by Crippen LogP contribution is -2.37. The molecule has 0 saturated heterocycles. The average Bonchev–Trinajstić information content (AvgIpc) is 2.55. The zero-order chi connectivity index (χ0) is 22.4. The van der Waals surface area contributed by atoms with Crippen LogP contribution in [0.4, 0.5) is 0 Å². The Bertz CT molecular complexity index is 595.